The number of alkyl halides is 3. The molecule has 10 heteroatoms. The van der Waals surface area contributed by atoms with Crippen LogP contribution in [-0.4, -0.2) is 32.8 Å². The first kappa shape index (κ1) is 16.3. The Balaban J connectivity index is 2.44. The van der Waals surface area contributed by atoms with Crippen LogP contribution in [0.25, 0.3) is 0 Å². The van der Waals surface area contributed by atoms with Gasteiger partial charge in [0.25, 0.3) is 0 Å². The van der Waals surface area contributed by atoms with Gasteiger partial charge in [0.1, 0.15) is 4.21 Å². The molecule has 0 bridgehead atoms. The molecule has 1 aromatic heterocycles. The Morgan fingerprint density at radius 1 is 1.42 bits per heavy atom. The van der Waals surface area contributed by atoms with Crippen LogP contribution in [-0.2, 0) is 14.8 Å². The van der Waals surface area contributed by atoms with Crippen LogP contribution in [0, 0.1) is 6.92 Å². The molecule has 5 nitrogen and oxygen atoms in total. The molecule has 0 aliphatic heterocycles. The van der Waals surface area contributed by atoms with Crippen molar-refractivity contribution in [1.29, 1.82) is 0 Å². The molecule has 0 saturated carbocycles. The van der Waals surface area contributed by atoms with Gasteiger partial charge in [-0.15, -0.1) is 11.3 Å². The number of aryl methyl sites for hydroxylation is 1. The molecule has 1 aromatic rings. The summed E-state index contributed by atoms with van der Waals surface area (Å²) in [5, 5.41) is -2.19. The normalized spacial score (nSPS) is 12.4. The van der Waals surface area contributed by atoms with Crippen molar-refractivity contribution in [2.24, 2.45) is 0 Å². The molecule has 0 spiro atoms. The van der Waals surface area contributed by atoms with E-state index in [9.17, 15) is 22.0 Å². The van der Waals surface area contributed by atoms with Crippen LogP contribution in [0.15, 0.2) is 16.3 Å². The maximum atomic E-state index is 12.3. The van der Waals surface area contributed by atoms with E-state index in [-0.39, 0.29) is 17.3 Å². The Labute approximate surface area is 118 Å². The van der Waals surface area contributed by atoms with E-state index in [1.807, 2.05) is 5.32 Å². The first-order valence-electron chi connectivity index (χ1n) is 5.04. The van der Waals surface area contributed by atoms with Gasteiger partial charge in [-0.2, -0.15) is 8.78 Å². The van der Waals surface area contributed by atoms with Gasteiger partial charge < -0.3 is 5.32 Å². The van der Waals surface area contributed by atoms with E-state index in [0.29, 0.717) is 0 Å². The van der Waals surface area contributed by atoms with E-state index in [4.69, 9.17) is 0 Å². The van der Waals surface area contributed by atoms with Crippen LogP contribution in [0.3, 0.4) is 0 Å². The highest BCUT2D eigenvalue weighted by atomic mass is 35.5. The third-order valence-electron chi connectivity index (χ3n) is 1.94. The molecule has 1 amide bonds. The molecular weight excluding hydrogens is 322 g/mol. The molecule has 108 valence electrons. The van der Waals surface area contributed by atoms with Crippen molar-refractivity contribution in [3.63, 3.8) is 0 Å². The van der Waals surface area contributed by atoms with E-state index in [2.05, 4.69) is 16.3 Å². The molecular formula is C9H11ClF2N2O3S2. The highest BCUT2D eigenvalue weighted by Gasteiger charge is 2.35. The summed E-state index contributed by atoms with van der Waals surface area (Å²) < 4.78 is 50.2. The second-order valence-corrected chi connectivity index (χ2v) is 7.27. The van der Waals surface area contributed by atoms with Crippen LogP contribution >= 0.6 is 22.9 Å². The summed E-state index contributed by atoms with van der Waals surface area (Å²) in [4.78, 5) is 11.5. The molecule has 0 aromatic carbocycles. The van der Waals surface area contributed by atoms with Crippen LogP contribution in [0.2, 0.25) is 0 Å². The fourth-order valence-corrected chi connectivity index (χ4v) is 3.52. The van der Waals surface area contributed by atoms with E-state index < -0.39 is 21.3 Å². The zero-order chi connectivity index (χ0) is 14.7. The number of hydrogen-bond donors (Lipinski definition) is 2. The minimum Gasteiger partial charge on any atom is -0.348 e. The lowest BCUT2D eigenvalue weighted by molar-refractivity contribution is -0.135. The molecule has 0 aliphatic rings. The monoisotopic (exact) mass is 332 g/mol. The largest absolute Gasteiger partial charge is 0.399 e. The predicted molar refractivity (Wildman–Crippen MR) is 68.1 cm³/mol. The van der Waals surface area contributed by atoms with Crippen molar-refractivity contribution in [3.8, 4) is 0 Å². The number of carbonyl (C=O) groups is 1. The highest BCUT2D eigenvalue weighted by molar-refractivity contribution is 7.91. The number of halogens is 3. The minimum absolute atomic E-state index is 0.124. The maximum absolute atomic E-state index is 12.3. The van der Waals surface area contributed by atoms with Gasteiger partial charge in [0.15, 0.2) is 0 Å². The van der Waals surface area contributed by atoms with Crippen molar-refractivity contribution in [3.05, 3.63) is 17.0 Å². The summed E-state index contributed by atoms with van der Waals surface area (Å²) >= 11 is 5.55. The topological polar surface area (TPSA) is 75.3 Å². The van der Waals surface area contributed by atoms with E-state index in [1.165, 1.54) is 6.07 Å². The van der Waals surface area contributed by atoms with Gasteiger partial charge in [0, 0.05) is 18.0 Å². The lowest BCUT2D eigenvalue weighted by Gasteiger charge is -2.09. The van der Waals surface area contributed by atoms with E-state index in [1.54, 1.807) is 13.0 Å². The second-order valence-electron chi connectivity index (χ2n) is 3.52. The van der Waals surface area contributed by atoms with Gasteiger partial charge in [0.2, 0.25) is 10.0 Å². The van der Waals surface area contributed by atoms with Crippen molar-refractivity contribution in [2.75, 3.05) is 13.1 Å². The Kier molecular flexibility index (Phi) is 5.25. The molecule has 0 aliphatic carbocycles. The van der Waals surface area contributed by atoms with E-state index in [0.717, 1.165) is 16.2 Å². The zero-order valence-electron chi connectivity index (χ0n) is 9.74. The average Bonchev–Trinajstić information content (AvgIpc) is 2.70. The first-order chi connectivity index (χ1) is 8.63. The Morgan fingerprint density at radius 2 is 2.05 bits per heavy atom. The Hall–Kier alpha value is -0.770. The predicted octanol–water partition coefficient (Wildman–Crippen LogP) is 1.28. The fourth-order valence-electron chi connectivity index (χ4n) is 1.09. The summed E-state index contributed by atoms with van der Waals surface area (Å²) in [6.45, 7) is 1.26. The molecule has 0 fully saturated rings. The number of hydrogen-bond acceptors (Lipinski definition) is 4. The molecule has 1 rings (SSSR count). The third kappa shape index (κ3) is 5.01. The van der Waals surface area contributed by atoms with Crippen molar-refractivity contribution in [1.82, 2.24) is 10.0 Å². The SMILES string of the molecule is Cc1ccc(S(=O)(=O)NCCNC(=O)C(F)(F)Cl)s1. The number of rotatable bonds is 6. The maximum Gasteiger partial charge on any atom is 0.399 e. The van der Waals surface area contributed by atoms with E-state index >= 15 is 0 Å². The molecule has 1 heterocycles. The molecule has 0 unspecified atom stereocenters. The van der Waals surface area contributed by atoms with Gasteiger partial charge in [-0.25, -0.2) is 13.1 Å². The summed E-state index contributed by atoms with van der Waals surface area (Å²) in [6.07, 6.45) is 0. The summed E-state index contributed by atoms with van der Waals surface area (Å²) in [6, 6.07) is 3.09. The van der Waals surface area contributed by atoms with Crippen molar-refractivity contribution >= 4 is 38.9 Å². The molecule has 0 radical (unpaired) electrons. The highest BCUT2D eigenvalue weighted by Crippen LogP contribution is 2.20. The number of thiophene rings is 1. The quantitative estimate of drug-likeness (QED) is 0.609. The van der Waals surface area contributed by atoms with Crippen LogP contribution in [0.1, 0.15) is 4.88 Å². The molecule has 0 saturated heterocycles. The van der Waals surface area contributed by atoms with Gasteiger partial charge in [-0.05, 0) is 30.7 Å². The lowest BCUT2D eigenvalue weighted by Crippen LogP contribution is -2.40. The van der Waals surface area contributed by atoms with Crippen molar-refractivity contribution < 1.29 is 22.0 Å². The second kappa shape index (κ2) is 6.12. The summed E-state index contributed by atoms with van der Waals surface area (Å²) in [5.41, 5.74) is 0. The van der Waals surface area contributed by atoms with Gasteiger partial charge >= 0.3 is 11.3 Å². The zero-order valence-corrected chi connectivity index (χ0v) is 12.1. The third-order valence-corrected chi connectivity index (χ3v) is 5.07. The standard InChI is InChI=1S/C9H11ClF2N2O3S2/c1-6-2-3-7(18-6)19(16,17)14-5-4-13-8(15)9(10,11)12/h2-3,14H,4-5H2,1H3,(H,13,15). The lowest BCUT2D eigenvalue weighted by atomic mass is 10.5. The molecule has 19 heavy (non-hydrogen) atoms. The molecule has 2 N–H and O–H groups in total. The van der Waals surface area contributed by atoms with Gasteiger partial charge in [-0.1, -0.05) is 0 Å². The number of amides is 1. The van der Waals surface area contributed by atoms with Crippen LogP contribution in [0.4, 0.5) is 8.78 Å². The average molecular weight is 333 g/mol. The number of carbonyl (C=O) groups excluding carboxylic acids is 1. The number of sulfonamides is 1. The Morgan fingerprint density at radius 3 is 2.53 bits per heavy atom. The fraction of sp³-hybridized carbons (Fsp3) is 0.444. The van der Waals surface area contributed by atoms with Gasteiger partial charge in [0.05, 0.1) is 0 Å². The smallest absolute Gasteiger partial charge is 0.348 e. The number of nitrogens with one attached hydrogen (secondary N) is 2. The van der Waals surface area contributed by atoms with Crippen LogP contribution in [0.5, 0.6) is 0 Å². The first-order valence-corrected chi connectivity index (χ1v) is 7.72. The van der Waals surface area contributed by atoms with Crippen LogP contribution < -0.4 is 10.0 Å². The Bertz CT molecular complexity index is 554. The summed E-state index contributed by atoms with van der Waals surface area (Å²) in [7, 11) is -3.68. The van der Waals surface area contributed by atoms with Gasteiger partial charge in [-0.3, -0.25) is 4.79 Å². The molecule has 0 atom stereocenters. The summed E-state index contributed by atoms with van der Waals surface area (Å²) in [5.74, 6) is -1.67. The van der Waals surface area contributed by atoms with Crippen molar-refractivity contribution in [2.45, 2.75) is 16.5 Å². The minimum atomic E-state index is -4.00.